The molecule has 1 rings (SSSR count). The number of aliphatic hydroxyl groups excluding tert-OH is 1. The molecule has 0 heterocycles. The topological polar surface area (TPSA) is 40.5 Å². The number of benzene rings is 1. The number of nitrogens with zero attached hydrogens (tertiary/aromatic N) is 1. The van der Waals surface area contributed by atoms with Crippen LogP contribution in [0.2, 0.25) is 0 Å². The van der Waals surface area contributed by atoms with Crippen LogP contribution in [-0.2, 0) is 0 Å². The summed E-state index contributed by atoms with van der Waals surface area (Å²) in [7, 11) is 1.84. The van der Waals surface area contributed by atoms with Crippen molar-refractivity contribution in [2.45, 2.75) is 26.3 Å². The van der Waals surface area contributed by atoms with Gasteiger partial charge in [0.05, 0.1) is 6.61 Å². The molecule has 114 valence electrons. The van der Waals surface area contributed by atoms with Crippen molar-refractivity contribution in [3.8, 4) is 11.8 Å². The third kappa shape index (κ3) is 5.11. The fraction of sp³-hybridized carbons (Fsp3) is 0.471. The van der Waals surface area contributed by atoms with E-state index in [4.69, 9.17) is 5.11 Å². The van der Waals surface area contributed by atoms with Crippen molar-refractivity contribution in [1.29, 1.82) is 0 Å². The van der Waals surface area contributed by atoms with Crippen molar-refractivity contribution in [2.24, 2.45) is 0 Å². The second-order valence-corrected chi connectivity index (χ2v) is 5.94. The molecule has 21 heavy (non-hydrogen) atoms. The third-order valence-corrected chi connectivity index (χ3v) is 4.14. The fourth-order valence-corrected chi connectivity index (χ4v) is 2.60. The molecule has 1 amide bonds. The molecule has 1 aromatic carbocycles. The Hall–Kier alpha value is -1.44. The van der Waals surface area contributed by atoms with Crippen LogP contribution in [0.15, 0.2) is 18.2 Å². The predicted octanol–water partition coefficient (Wildman–Crippen LogP) is 2.55. The predicted molar refractivity (Wildman–Crippen MR) is 89.7 cm³/mol. The van der Waals surface area contributed by atoms with E-state index in [1.807, 2.05) is 38.4 Å². The highest BCUT2D eigenvalue weighted by Crippen LogP contribution is 2.15. The van der Waals surface area contributed by atoms with Gasteiger partial charge in [0.15, 0.2) is 0 Å². The van der Waals surface area contributed by atoms with Crippen molar-refractivity contribution in [2.75, 3.05) is 25.7 Å². The van der Waals surface area contributed by atoms with E-state index in [0.29, 0.717) is 12.0 Å². The Kier molecular flexibility index (Phi) is 7.35. The maximum absolute atomic E-state index is 12.6. The highest BCUT2D eigenvalue weighted by Gasteiger charge is 2.18. The van der Waals surface area contributed by atoms with Gasteiger partial charge < -0.3 is 10.0 Å². The molecule has 1 aromatic rings. The number of aryl methyl sites for hydroxylation is 1. The van der Waals surface area contributed by atoms with Gasteiger partial charge in [-0.05, 0) is 37.8 Å². The summed E-state index contributed by atoms with van der Waals surface area (Å²) in [5.41, 5.74) is 2.46. The maximum Gasteiger partial charge on any atom is 0.254 e. The average molecular weight is 305 g/mol. The van der Waals surface area contributed by atoms with Gasteiger partial charge in [-0.2, -0.15) is 11.8 Å². The molecule has 4 heteroatoms. The van der Waals surface area contributed by atoms with Crippen LogP contribution in [0.1, 0.15) is 34.8 Å². The largest absolute Gasteiger partial charge is 0.395 e. The number of rotatable bonds is 5. The lowest BCUT2D eigenvalue weighted by Gasteiger charge is -2.25. The van der Waals surface area contributed by atoms with Crippen molar-refractivity contribution >= 4 is 17.7 Å². The lowest BCUT2D eigenvalue weighted by atomic mass is 10.0. The summed E-state index contributed by atoms with van der Waals surface area (Å²) in [4.78, 5) is 14.4. The molecular formula is C17H23NO2S. The van der Waals surface area contributed by atoms with Gasteiger partial charge in [0, 0.05) is 36.4 Å². The molecule has 0 bridgehead atoms. The van der Waals surface area contributed by atoms with Gasteiger partial charge in [-0.25, -0.2) is 0 Å². The number of carbonyl (C=O) groups excluding carboxylic acids is 1. The van der Waals surface area contributed by atoms with E-state index < -0.39 is 0 Å². The minimum Gasteiger partial charge on any atom is -0.395 e. The summed E-state index contributed by atoms with van der Waals surface area (Å²) in [5.74, 6) is 6.80. The lowest BCUT2D eigenvalue weighted by molar-refractivity contribution is 0.0757. The first-order valence-corrected chi connectivity index (χ1v) is 8.37. The standard InChI is InChI=1S/C17H23NO2S/c1-13-8-9-15(7-5-6-10-19)11-16(13)17(20)18(3)14(2)12-21-4/h8-9,11,14,19H,6,10,12H2,1-4H3. The van der Waals surface area contributed by atoms with Crippen LogP contribution >= 0.6 is 11.8 Å². The summed E-state index contributed by atoms with van der Waals surface area (Å²) < 4.78 is 0. The number of amides is 1. The zero-order valence-corrected chi connectivity index (χ0v) is 14.0. The Morgan fingerprint density at radius 2 is 2.19 bits per heavy atom. The number of hydrogen-bond donors (Lipinski definition) is 1. The van der Waals surface area contributed by atoms with E-state index in [1.54, 1.807) is 16.7 Å². The normalized spacial score (nSPS) is 11.5. The van der Waals surface area contributed by atoms with E-state index in [0.717, 1.165) is 16.9 Å². The van der Waals surface area contributed by atoms with Crippen molar-refractivity contribution in [3.63, 3.8) is 0 Å². The molecular weight excluding hydrogens is 282 g/mol. The highest BCUT2D eigenvalue weighted by atomic mass is 32.2. The van der Waals surface area contributed by atoms with Crippen LogP contribution in [0.4, 0.5) is 0 Å². The van der Waals surface area contributed by atoms with Crippen molar-refractivity contribution < 1.29 is 9.90 Å². The van der Waals surface area contributed by atoms with E-state index >= 15 is 0 Å². The number of aliphatic hydroxyl groups is 1. The van der Waals surface area contributed by atoms with Gasteiger partial charge in [0.2, 0.25) is 0 Å². The van der Waals surface area contributed by atoms with E-state index in [1.165, 1.54) is 0 Å². The molecule has 3 nitrogen and oxygen atoms in total. The van der Waals surface area contributed by atoms with E-state index in [2.05, 4.69) is 18.8 Å². The first-order valence-electron chi connectivity index (χ1n) is 6.97. The summed E-state index contributed by atoms with van der Waals surface area (Å²) in [6.45, 7) is 4.04. The van der Waals surface area contributed by atoms with E-state index in [9.17, 15) is 4.79 Å². The fourth-order valence-electron chi connectivity index (χ4n) is 1.89. The zero-order valence-electron chi connectivity index (χ0n) is 13.1. The summed E-state index contributed by atoms with van der Waals surface area (Å²) in [6, 6.07) is 5.85. The first kappa shape index (κ1) is 17.6. The van der Waals surface area contributed by atoms with Gasteiger partial charge in [0.25, 0.3) is 5.91 Å². The Morgan fingerprint density at radius 3 is 2.81 bits per heavy atom. The Morgan fingerprint density at radius 1 is 1.48 bits per heavy atom. The molecule has 0 radical (unpaired) electrons. The minimum absolute atomic E-state index is 0.0276. The van der Waals surface area contributed by atoms with Crippen LogP contribution in [0.5, 0.6) is 0 Å². The third-order valence-electron chi connectivity index (χ3n) is 3.33. The van der Waals surface area contributed by atoms with Gasteiger partial charge in [0.1, 0.15) is 0 Å². The molecule has 1 unspecified atom stereocenters. The summed E-state index contributed by atoms with van der Waals surface area (Å²) in [5, 5.41) is 8.75. The Bertz CT molecular complexity index is 545. The summed E-state index contributed by atoms with van der Waals surface area (Å²) >= 11 is 1.73. The second kappa shape index (κ2) is 8.76. The van der Waals surface area contributed by atoms with Crippen LogP contribution < -0.4 is 0 Å². The lowest BCUT2D eigenvalue weighted by Crippen LogP contribution is -2.37. The van der Waals surface area contributed by atoms with E-state index in [-0.39, 0.29) is 18.6 Å². The molecule has 0 aliphatic rings. The molecule has 0 saturated heterocycles. The zero-order chi connectivity index (χ0) is 15.8. The number of thioether (sulfide) groups is 1. The molecule has 0 saturated carbocycles. The van der Waals surface area contributed by atoms with Gasteiger partial charge in [-0.15, -0.1) is 0 Å². The monoisotopic (exact) mass is 305 g/mol. The highest BCUT2D eigenvalue weighted by molar-refractivity contribution is 7.98. The second-order valence-electron chi connectivity index (χ2n) is 5.03. The maximum atomic E-state index is 12.6. The molecule has 1 atom stereocenters. The van der Waals surface area contributed by atoms with Crippen molar-refractivity contribution in [1.82, 2.24) is 4.90 Å². The molecule has 0 aromatic heterocycles. The van der Waals surface area contributed by atoms with Gasteiger partial charge in [-0.1, -0.05) is 17.9 Å². The van der Waals surface area contributed by atoms with Crippen LogP contribution in [0, 0.1) is 18.8 Å². The molecule has 0 aliphatic carbocycles. The number of hydrogen-bond acceptors (Lipinski definition) is 3. The molecule has 0 aliphatic heterocycles. The summed E-state index contributed by atoms with van der Waals surface area (Å²) in [6.07, 6.45) is 2.49. The average Bonchev–Trinajstić information content (AvgIpc) is 2.48. The molecule has 1 N–H and O–H groups in total. The first-order chi connectivity index (χ1) is 10.0. The number of carbonyl (C=O) groups is 1. The van der Waals surface area contributed by atoms with Gasteiger partial charge in [-0.3, -0.25) is 4.79 Å². The Labute approximate surface area is 131 Å². The molecule has 0 fully saturated rings. The minimum atomic E-state index is 0.0276. The smallest absolute Gasteiger partial charge is 0.254 e. The SMILES string of the molecule is CSCC(C)N(C)C(=O)c1cc(C#CCCO)ccc1C. The Balaban J connectivity index is 2.98. The van der Waals surface area contributed by atoms with Crippen LogP contribution in [-0.4, -0.2) is 47.6 Å². The van der Waals surface area contributed by atoms with Crippen LogP contribution in [0.3, 0.4) is 0 Å². The molecule has 0 spiro atoms. The van der Waals surface area contributed by atoms with Crippen LogP contribution in [0.25, 0.3) is 0 Å². The van der Waals surface area contributed by atoms with Crippen molar-refractivity contribution in [3.05, 3.63) is 34.9 Å². The van der Waals surface area contributed by atoms with Gasteiger partial charge >= 0.3 is 0 Å². The quantitative estimate of drug-likeness (QED) is 0.850.